The molecule has 1 aromatic heterocycles. The molecule has 0 aliphatic carbocycles. The Bertz CT molecular complexity index is 843. The summed E-state index contributed by atoms with van der Waals surface area (Å²) in [5, 5.41) is 9.19. The van der Waals surface area contributed by atoms with Crippen LogP contribution in [0, 0.1) is 17.1 Å². The number of benzene rings is 1. The molecule has 0 fully saturated rings. The van der Waals surface area contributed by atoms with E-state index in [9.17, 15) is 22.4 Å². The van der Waals surface area contributed by atoms with Crippen LogP contribution in [-0.4, -0.2) is 22.6 Å². The van der Waals surface area contributed by atoms with Gasteiger partial charge in [-0.3, -0.25) is 4.79 Å². The number of ether oxygens (including phenoxy) is 1. The molecule has 1 N–H and O–H groups in total. The van der Waals surface area contributed by atoms with Gasteiger partial charge in [0.2, 0.25) is 0 Å². The molecule has 1 heterocycles. The Labute approximate surface area is 130 Å². The third kappa shape index (κ3) is 3.81. The Hall–Kier alpha value is -2.54. The molecule has 23 heavy (non-hydrogen) atoms. The van der Waals surface area contributed by atoms with E-state index in [1.165, 1.54) is 0 Å². The number of nitriles is 1. The predicted octanol–water partition coefficient (Wildman–Crippen LogP) is 3.07. The number of nitrogens with one attached hydrogen (secondary N) is 1. The number of halogens is 4. The first-order chi connectivity index (χ1) is 10.7. The lowest BCUT2D eigenvalue weighted by Gasteiger charge is -2.11. The second kappa shape index (κ2) is 6.29. The summed E-state index contributed by atoms with van der Waals surface area (Å²) in [4.78, 5) is 18.1. The van der Waals surface area contributed by atoms with Crippen LogP contribution in [-0.2, 0) is 0 Å². The molecule has 0 unspecified atom stereocenters. The van der Waals surface area contributed by atoms with Crippen LogP contribution in [0.2, 0.25) is 0 Å². The second-order valence-electron chi connectivity index (χ2n) is 4.10. The van der Waals surface area contributed by atoms with Crippen LogP contribution < -0.4 is 10.3 Å². The Kier molecular flexibility index (Phi) is 4.60. The minimum absolute atomic E-state index is 0.0522. The van der Waals surface area contributed by atoms with E-state index in [2.05, 4.69) is 14.7 Å². The van der Waals surface area contributed by atoms with E-state index in [-0.39, 0.29) is 16.4 Å². The predicted molar refractivity (Wildman–Crippen MR) is 73.4 cm³/mol. The average Bonchev–Trinajstić information content (AvgIpc) is 2.47. The zero-order chi connectivity index (χ0) is 17.2. The third-order valence-corrected chi connectivity index (χ3v) is 3.21. The van der Waals surface area contributed by atoms with Crippen molar-refractivity contribution >= 4 is 11.8 Å². The van der Waals surface area contributed by atoms with Gasteiger partial charge in [-0.25, -0.2) is 9.37 Å². The van der Waals surface area contributed by atoms with Gasteiger partial charge >= 0.3 is 6.36 Å². The number of aromatic amines is 1. The Morgan fingerprint density at radius 1 is 1.39 bits per heavy atom. The molecule has 0 aliphatic heterocycles. The van der Waals surface area contributed by atoms with Crippen molar-refractivity contribution in [2.45, 2.75) is 11.5 Å². The monoisotopic (exact) mass is 345 g/mol. The summed E-state index contributed by atoms with van der Waals surface area (Å²) in [5.41, 5.74) is -1.35. The Morgan fingerprint density at radius 3 is 2.65 bits per heavy atom. The molecule has 0 saturated heterocycles. The highest BCUT2D eigenvalue weighted by atomic mass is 32.2. The molecular formula is C13H7F4N3O2S. The number of nitrogens with zero attached hydrogens (tertiary/aromatic N) is 2. The van der Waals surface area contributed by atoms with Crippen LogP contribution in [0.3, 0.4) is 0 Å². The molecule has 0 aliphatic rings. The van der Waals surface area contributed by atoms with Gasteiger partial charge in [0.1, 0.15) is 11.6 Å². The topological polar surface area (TPSA) is 78.8 Å². The Balaban J connectivity index is 2.64. The smallest absolute Gasteiger partial charge is 0.403 e. The SMILES string of the molecule is CSc1nc(-c2ccc(F)c(OC(F)(F)F)c2)c(C#N)c(=O)[nH]1. The number of H-pyrrole nitrogens is 1. The molecule has 0 amide bonds. The average molecular weight is 345 g/mol. The van der Waals surface area contributed by atoms with Gasteiger partial charge in [-0.15, -0.1) is 13.2 Å². The maximum absolute atomic E-state index is 13.4. The van der Waals surface area contributed by atoms with E-state index >= 15 is 0 Å². The summed E-state index contributed by atoms with van der Waals surface area (Å²) < 4.78 is 53.8. The molecule has 0 radical (unpaired) electrons. The molecular weight excluding hydrogens is 338 g/mol. The molecule has 5 nitrogen and oxygen atoms in total. The highest BCUT2D eigenvalue weighted by Crippen LogP contribution is 2.30. The van der Waals surface area contributed by atoms with Gasteiger partial charge in [0.25, 0.3) is 5.56 Å². The first-order valence-corrected chi connectivity index (χ1v) is 7.11. The summed E-state index contributed by atoms with van der Waals surface area (Å²) in [6.07, 6.45) is -3.47. The Morgan fingerprint density at radius 2 is 2.09 bits per heavy atom. The summed E-state index contributed by atoms with van der Waals surface area (Å²) in [5.74, 6) is -2.31. The van der Waals surface area contributed by atoms with E-state index in [0.717, 1.165) is 30.0 Å². The summed E-state index contributed by atoms with van der Waals surface area (Å²) >= 11 is 1.07. The van der Waals surface area contributed by atoms with Crippen LogP contribution in [0.4, 0.5) is 17.6 Å². The van der Waals surface area contributed by atoms with E-state index in [1.807, 2.05) is 0 Å². The van der Waals surface area contributed by atoms with Crippen molar-refractivity contribution in [3.05, 3.63) is 39.9 Å². The summed E-state index contributed by atoms with van der Waals surface area (Å²) in [6, 6.07) is 4.19. The minimum atomic E-state index is -5.08. The van der Waals surface area contributed by atoms with E-state index in [4.69, 9.17) is 5.26 Å². The van der Waals surface area contributed by atoms with E-state index < -0.39 is 29.1 Å². The van der Waals surface area contributed by atoms with Gasteiger partial charge in [-0.05, 0) is 24.5 Å². The van der Waals surface area contributed by atoms with E-state index in [0.29, 0.717) is 0 Å². The normalized spacial score (nSPS) is 11.1. The van der Waals surface area contributed by atoms with Gasteiger partial charge in [0.15, 0.2) is 16.7 Å². The van der Waals surface area contributed by atoms with Gasteiger partial charge in [-0.1, -0.05) is 11.8 Å². The fourth-order valence-electron chi connectivity index (χ4n) is 1.72. The lowest BCUT2D eigenvalue weighted by atomic mass is 10.1. The molecule has 120 valence electrons. The lowest BCUT2D eigenvalue weighted by Crippen LogP contribution is -2.18. The molecule has 1 aromatic carbocycles. The highest BCUT2D eigenvalue weighted by molar-refractivity contribution is 7.98. The number of hydrogen-bond donors (Lipinski definition) is 1. The fraction of sp³-hybridized carbons (Fsp3) is 0.154. The first-order valence-electron chi connectivity index (χ1n) is 5.89. The first kappa shape index (κ1) is 16.8. The van der Waals surface area contributed by atoms with Gasteiger partial charge in [-0.2, -0.15) is 5.26 Å². The zero-order valence-electron chi connectivity index (χ0n) is 11.4. The summed E-state index contributed by atoms with van der Waals surface area (Å²) in [7, 11) is 0. The molecule has 0 saturated carbocycles. The van der Waals surface area contributed by atoms with Crippen LogP contribution >= 0.6 is 11.8 Å². The van der Waals surface area contributed by atoms with Crippen molar-refractivity contribution in [1.29, 1.82) is 5.26 Å². The number of hydrogen-bond acceptors (Lipinski definition) is 5. The number of aromatic nitrogens is 2. The number of alkyl halides is 3. The van der Waals surface area contributed by atoms with E-state index in [1.54, 1.807) is 12.3 Å². The molecule has 2 aromatic rings. The molecule has 2 rings (SSSR count). The second-order valence-corrected chi connectivity index (χ2v) is 4.90. The van der Waals surface area contributed by atoms with Crippen LogP contribution in [0.25, 0.3) is 11.3 Å². The molecule has 0 spiro atoms. The van der Waals surface area contributed by atoms with Crippen molar-refractivity contribution in [2.24, 2.45) is 0 Å². The largest absolute Gasteiger partial charge is 0.573 e. The number of thioether (sulfide) groups is 1. The van der Waals surface area contributed by atoms with Gasteiger partial charge in [0, 0.05) is 5.56 Å². The summed E-state index contributed by atoms with van der Waals surface area (Å²) in [6.45, 7) is 0. The van der Waals surface area contributed by atoms with Crippen molar-refractivity contribution in [2.75, 3.05) is 6.26 Å². The zero-order valence-corrected chi connectivity index (χ0v) is 12.2. The third-order valence-electron chi connectivity index (χ3n) is 2.63. The van der Waals surface area contributed by atoms with Gasteiger partial charge in [0.05, 0.1) is 5.69 Å². The maximum Gasteiger partial charge on any atom is 0.573 e. The maximum atomic E-state index is 13.4. The fourth-order valence-corrected chi connectivity index (χ4v) is 2.09. The van der Waals surface area contributed by atoms with Crippen LogP contribution in [0.15, 0.2) is 28.2 Å². The van der Waals surface area contributed by atoms with Gasteiger partial charge < -0.3 is 9.72 Å². The highest BCUT2D eigenvalue weighted by Gasteiger charge is 2.32. The number of rotatable bonds is 3. The minimum Gasteiger partial charge on any atom is -0.403 e. The standard InChI is InChI=1S/C13H7F4N3O2S/c1-23-12-19-10(7(5-18)11(21)20-12)6-2-3-8(14)9(4-6)22-13(15,16)17/h2-4H,1H3,(H,19,20,21). The van der Waals surface area contributed by atoms with Crippen molar-refractivity contribution < 1.29 is 22.3 Å². The molecule has 10 heteroatoms. The molecule has 0 atom stereocenters. The van der Waals surface area contributed by atoms with Crippen LogP contribution in [0.5, 0.6) is 5.75 Å². The van der Waals surface area contributed by atoms with Crippen LogP contribution in [0.1, 0.15) is 5.56 Å². The lowest BCUT2D eigenvalue weighted by molar-refractivity contribution is -0.275. The molecule has 0 bridgehead atoms. The van der Waals surface area contributed by atoms with Crippen molar-refractivity contribution in [3.63, 3.8) is 0 Å². The van der Waals surface area contributed by atoms with Crippen molar-refractivity contribution in [3.8, 4) is 23.1 Å². The van der Waals surface area contributed by atoms with Crippen molar-refractivity contribution in [1.82, 2.24) is 9.97 Å². The quantitative estimate of drug-likeness (QED) is 0.525.